The fourth-order valence-corrected chi connectivity index (χ4v) is 5.29. The molecule has 1 aliphatic carbocycles. The highest BCUT2D eigenvalue weighted by Gasteiger charge is 2.44. The number of nitrogens with zero attached hydrogens (tertiary/aromatic N) is 2. The molecular weight excluding hydrogens is 408 g/mol. The zero-order chi connectivity index (χ0) is 18.9. The lowest BCUT2D eigenvalue weighted by molar-refractivity contribution is -0.117. The molecule has 1 saturated carbocycles. The molecule has 0 aliphatic heterocycles. The van der Waals surface area contributed by atoms with Gasteiger partial charge in [0.25, 0.3) is 0 Å². The van der Waals surface area contributed by atoms with Gasteiger partial charge in [0.05, 0.1) is 15.2 Å². The van der Waals surface area contributed by atoms with Gasteiger partial charge < -0.3 is 10.0 Å². The molecule has 1 amide bonds. The van der Waals surface area contributed by atoms with Crippen LogP contribution in [0.4, 0.5) is 10.1 Å². The van der Waals surface area contributed by atoms with Crippen LogP contribution in [0.25, 0.3) is 10.2 Å². The fourth-order valence-electron chi connectivity index (χ4n) is 3.11. The van der Waals surface area contributed by atoms with Crippen LogP contribution >= 0.6 is 34.6 Å². The third-order valence-corrected chi connectivity index (χ3v) is 7.31. The van der Waals surface area contributed by atoms with Gasteiger partial charge in [0, 0.05) is 23.2 Å². The summed E-state index contributed by atoms with van der Waals surface area (Å²) in [5.74, 6) is 0.364. The SMILES string of the molecule is O=C(Nc1nc2ccncc2s1)C1CC1c1ccc(SNc2cccs2)cc1. The zero-order valence-electron chi connectivity index (χ0n) is 14.7. The number of amides is 1. The van der Waals surface area contributed by atoms with Gasteiger partial charge >= 0.3 is 0 Å². The Bertz CT molecular complexity index is 1080. The molecule has 2 unspecified atom stereocenters. The van der Waals surface area contributed by atoms with Crippen molar-refractivity contribution >= 4 is 60.9 Å². The molecule has 3 aromatic heterocycles. The molecule has 4 aromatic rings. The van der Waals surface area contributed by atoms with Crippen molar-refractivity contribution in [3.63, 3.8) is 0 Å². The van der Waals surface area contributed by atoms with Crippen molar-refractivity contribution < 1.29 is 4.79 Å². The second-order valence-electron chi connectivity index (χ2n) is 6.55. The minimum Gasteiger partial charge on any atom is -0.317 e. The van der Waals surface area contributed by atoms with Crippen molar-refractivity contribution in [3.05, 3.63) is 65.8 Å². The van der Waals surface area contributed by atoms with E-state index in [2.05, 4.69) is 55.7 Å². The standard InChI is InChI=1S/C20H16N4OS3/c25-19(23-20-22-16-7-8-21-11-17(16)27-20)15-10-14(15)12-3-5-13(6-4-12)28-24-18-2-1-9-26-18/h1-9,11,14-15,24H,10H2,(H,22,23,25). The first kappa shape index (κ1) is 17.7. The van der Waals surface area contributed by atoms with Gasteiger partial charge in [0.1, 0.15) is 0 Å². The number of nitrogens with one attached hydrogen (secondary N) is 2. The normalized spacial score (nSPS) is 18.1. The predicted molar refractivity (Wildman–Crippen MR) is 117 cm³/mol. The van der Waals surface area contributed by atoms with Gasteiger partial charge in [-0.05, 0) is 65.6 Å². The van der Waals surface area contributed by atoms with Gasteiger partial charge in [-0.3, -0.25) is 9.78 Å². The van der Waals surface area contributed by atoms with Crippen LogP contribution in [0.1, 0.15) is 17.9 Å². The van der Waals surface area contributed by atoms with Crippen LogP contribution in [0.15, 0.2) is 65.1 Å². The van der Waals surface area contributed by atoms with Crippen molar-refractivity contribution in [1.29, 1.82) is 0 Å². The van der Waals surface area contributed by atoms with Gasteiger partial charge in [-0.15, -0.1) is 11.3 Å². The number of hydrogen-bond acceptors (Lipinski definition) is 7. The quantitative estimate of drug-likeness (QED) is 0.394. The van der Waals surface area contributed by atoms with E-state index in [-0.39, 0.29) is 11.8 Å². The molecule has 140 valence electrons. The van der Waals surface area contributed by atoms with Crippen LogP contribution in [0.5, 0.6) is 0 Å². The lowest BCUT2D eigenvalue weighted by Crippen LogP contribution is -2.14. The number of hydrogen-bond donors (Lipinski definition) is 2. The van der Waals surface area contributed by atoms with Crippen molar-refractivity contribution in [2.75, 3.05) is 10.0 Å². The Morgan fingerprint density at radius 2 is 2.07 bits per heavy atom. The van der Waals surface area contributed by atoms with Crippen LogP contribution < -0.4 is 10.0 Å². The van der Waals surface area contributed by atoms with Crippen molar-refractivity contribution in [2.24, 2.45) is 5.92 Å². The molecule has 3 heterocycles. The number of rotatable bonds is 6. The number of aromatic nitrogens is 2. The lowest BCUT2D eigenvalue weighted by Gasteiger charge is -2.05. The Morgan fingerprint density at radius 1 is 1.18 bits per heavy atom. The van der Waals surface area contributed by atoms with Gasteiger partial charge in [-0.2, -0.15) is 0 Å². The Balaban J connectivity index is 1.18. The highest BCUT2D eigenvalue weighted by molar-refractivity contribution is 8.00. The van der Waals surface area contributed by atoms with Crippen molar-refractivity contribution in [1.82, 2.24) is 9.97 Å². The van der Waals surface area contributed by atoms with Crippen molar-refractivity contribution in [3.8, 4) is 0 Å². The maximum absolute atomic E-state index is 12.6. The summed E-state index contributed by atoms with van der Waals surface area (Å²) in [6.45, 7) is 0. The number of thiazole rings is 1. The van der Waals surface area contributed by atoms with Gasteiger partial charge in [-0.1, -0.05) is 23.5 Å². The number of benzene rings is 1. The van der Waals surface area contributed by atoms with E-state index < -0.39 is 0 Å². The molecule has 2 atom stereocenters. The Kier molecular flexibility index (Phi) is 4.76. The molecule has 2 N–H and O–H groups in total. The number of carbonyl (C=O) groups is 1. The number of pyridine rings is 1. The number of fused-ring (bicyclic) bond motifs is 1. The second-order valence-corrected chi connectivity index (χ2v) is 9.41. The Labute approximate surface area is 174 Å². The molecule has 1 aliphatic rings. The summed E-state index contributed by atoms with van der Waals surface area (Å²) < 4.78 is 4.31. The minimum atomic E-state index is 0.0212. The molecule has 28 heavy (non-hydrogen) atoms. The van der Waals surface area contributed by atoms with E-state index >= 15 is 0 Å². The third-order valence-electron chi connectivity index (χ3n) is 4.65. The molecule has 1 aromatic carbocycles. The monoisotopic (exact) mass is 424 g/mol. The average Bonchev–Trinajstić information content (AvgIpc) is 3.15. The van der Waals surface area contributed by atoms with E-state index in [1.54, 1.807) is 35.7 Å². The van der Waals surface area contributed by atoms with Crippen LogP contribution in [-0.4, -0.2) is 15.9 Å². The summed E-state index contributed by atoms with van der Waals surface area (Å²) in [7, 11) is 0. The summed E-state index contributed by atoms with van der Waals surface area (Å²) in [6, 6.07) is 14.4. The first-order valence-corrected chi connectivity index (χ1v) is 11.4. The highest BCUT2D eigenvalue weighted by atomic mass is 32.2. The maximum Gasteiger partial charge on any atom is 0.229 e. The molecule has 8 heteroatoms. The van der Waals surface area contributed by atoms with Crippen LogP contribution in [0.2, 0.25) is 0 Å². The van der Waals surface area contributed by atoms with Gasteiger partial charge in [-0.25, -0.2) is 4.98 Å². The summed E-state index contributed by atoms with van der Waals surface area (Å²) in [6.07, 6.45) is 4.37. The highest BCUT2D eigenvalue weighted by Crippen LogP contribution is 2.48. The predicted octanol–water partition coefficient (Wildman–Crippen LogP) is 5.61. The third kappa shape index (κ3) is 3.76. The number of carbonyl (C=O) groups excluding carboxylic acids is 1. The maximum atomic E-state index is 12.6. The zero-order valence-corrected chi connectivity index (χ0v) is 17.1. The fraction of sp³-hybridized carbons (Fsp3) is 0.150. The topological polar surface area (TPSA) is 66.9 Å². The van der Waals surface area contributed by atoms with Crippen LogP contribution in [0.3, 0.4) is 0 Å². The van der Waals surface area contributed by atoms with E-state index in [0.717, 1.165) is 26.5 Å². The average molecular weight is 425 g/mol. The minimum absolute atomic E-state index is 0.0212. The molecular formula is C20H16N4OS3. The summed E-state index contributed by atoms with van der Waals surface area (Å²) in [5.41, 5.74) is 2.08. The smallest absolute Gasteiger partial charge is 0.229 e. The number of thiophene rings is 1. The molecule has 5 nitrogen and oxygen atoms in total. The molecule has 0 bridgehead atoms. The molecule has 0 saturated heterocycles. The second kappa shape index (κ2) is 7.54. The van der Waals surface area contributed by atoms with E-state index in [9.17, 15) is 4.79 Å². The summed E-state index contributed by atoms with van der Waals surface area (Å²) in [5, 5.41) is 6.80. The van der Waals surface area contributed by atoms with Crippen LogP contribution in [-0.2, 0) is 4.79 Å². The van der Waals surface area contributed by atoms with E-state index in [4.69, 9.17) is 0 Å². The molecule has 0 radical (unpaired) electrons. The summed E-state index contributed by atoms with van der Waals surface area (Å²) >= 11 is 4.74. The molecule has 0 spiro atoms. The Hall–Kier alpha value is -2.42. The first-order chi connectivity index (χ1) is 13.8. The van der Waals surface area contributed by atoms with E-state index in [0.29, 0.717) is 11.0 Å². The number of anilines is 2. The van der Waals surface area contributed by atoms with E-state index in [1.807, 2.05) is 12.1 Å². The lowest BCUT2D eigenvalue weighted by atomic mass is 10.1. The molecule has 5 rings (SSSR count). The summed E-state index contributed by atoms with van der Waals surface area (Å²) in [4.78, 5) is 22.3. The first-order valence-electron chi connectivity index (χ1n) is 8.84. The largest absolute Gasteiger partial charge is 0.317 e. The van der Waals surface area contributed by atoms with Gasteiger partial charge in [0.2, 0.25) is 5.91 Å². The molecule has 1 fully saturated rings. The van der Waals surface area contributed by atoms with Crippen LogP contribution in [0, 0.1) is 5.92 Å². The van der Waals surface area contributed by atoms with E-state index in [1.165, 1.54) is 16.9 Å². The van der Waals surface area contributed by atoms with Crippen molar-refractivity contribution in [2.45, 2.75) is 17.2 Å². The van der Waals surface area contributed by atoms with Gasteiger partial charge in [0.15, 0.2) is 5.13 Å². The Morgan fingerprint density at radius 3 is 2.86 bits per heavy atom.